The molecule has 1 aromatic heterocycles. The van der Waals surface area contributed by atoms with Gasteiger partial charge in [0.15, 0.2) is 0 Å². The minimum Gasteiger partial charge on any atom is -0.380 e. The third-order valence-corrected chi connectivity index (χ3v) is 3.46. The Kier molecular flexibility index (Phi) is 3.84. The van der Waals surface area contributed by atoms with E-state index in [0.29, 0.717) is 6.61 Å². The Labute approximate surface area is 103 Å². The van der Waals surface area contributed by atoms with Crippen LogP contribution >= 0.6 is 0 Å². The standard InChI is InChI=1S/C13H23N3O/c1-3-11-8-12(16(4-2)15-11)9-13(14)6-5-7-17-10-13/h8H,3-7,9-10,14H2,1-2H3. The van der Waals surface area contributed by atoms with E-state index >= 15 is 0 Å². The number of ether oxygens (including phenoxy) is 1. The molecular formula is C13H23N3O. The van der Waals surface area contributed by atoms with Crippen LogP contribution in [-0.2, 0) is 24.1 Å². The first kappa shape index (κ1) is 12.6. The van der Waals surface area contributed by atoms with Crippen molar-refractivity contribution >= 4 is 0 Å². The van der Waals surface area contributed by atoms with Crippen molar-refractivity contribution in [3.8, 4) is 0 Å². The van der Waals surface area contributed by atoms with Gasteiger partial charge in [0, 0.05) is 30.8 Å². The van der Waals surface area contributed by atoms with Gasteiger partial charge in [-0.05, 0) is 32.3 Å². The van der Waals surface area contributed by atoms with Gasteiger partial charge in [-0.3, -0.25) is 4.68 Å². The Morgan fingerprint density at radius 1 is 1.53 bits per heavy atom. The number of hydrogen-bond acceptors (Lipinski definition) is 3. The molecule has 0 radical (unpaired) electrons. The molecule has 1 unspecified atom stereocenters. The van der Waals surface area contributed by atoms with E-state index in [0.717, 1.165) is 44.5 Å². The zero-order valence-electron chi connectivity index (χ0n) is 10.9. The molecule has 2 rings (SSSR count). The molecule has 96 valence electrons. The highest BCUT2D eigenvalue weighted by atomic mass is 16.5. The summed E-state index contributed by atoms with van der Waals surface area (Å²) in [6.07, 6.45) is 3.96. The summed E-state index contributed by atoms with van der Waals surface area (Å²) in [5.41, 5.74) is 8.60. The molecule has 4 nitrogen and oxygen atoms in total. The van der Waals surface area contributed by atoms with E-state index < -0.39 is 0 Å². The van der Waals surface area contributed by atoms with Crippen molar-refractivity contribution in [2.45, 2.75) is 51.6 Å². The summed E-state index contributed by atoms with van der Waals surface area (Å²) in [4.78, 5) is 0. The highest BCUT2D eigenvalue weighted by molar-refractivity contribution is 5.14. The van der Waals surface area contributed by atoms with Crippen LogP contribution in [0.4, 0.5) is 0 Å². The minimum absolute atomic E-state index is 0.198. The second-order valence-electron chi connectivity index (χ2n) is 4.99. The van der Waals surface area contributed by atoms with Gasteiger partial charge in [0.2, 0.25) is 0 Å². The SMILES string of the molecule is CCc1cc(CC2(N)CCCOC2)n(CC)n1. The van der Waals surface area contributed by atoms with Gasteiger partial charge in [0.05, 0.1) is 12.3 Å². The predicted molar refractivity (Wildman–Crippen MR) is 68.0 cm³/mol. The van der Waals surface area contributed by atoms with E-state index in [2.05, 4.69) is 29.7 Å². The molecule has 1 atom stereocenters. The second kappa shape index (κ2) is 5.19. The molecule has 0 saturated carbocycles. The number of nitrogens with two attached hydrogens (primary N) is 1. The molecule has 1 aliphatic heterocycles. The summed E-state index contributed by atoms with van der Waals surface area (Å²) in [7, 11) is 0. The largest absolute Gasteiger partial charge is 0.380 e. The number of aromatic nitrogens is 2. The zero-order valence-corrected chi connectivity index (χ0v) is 10.9. The molecule has 2 N–H and O–H groups in total. The number of nitrogens with zero attached hydrogens (tertiary/aromatic N) is 2. The normalized spacial score (nSPS) is 25.1. The number of hydrogen-bond donors (Lipinski definition) is 1. The lowest BCUT2D eigenvalue weighted by Gasteiger charge is -2.33. The molecule has 2 heterocycles. The first-order valence-electron chi connectivity index (χ1n) is 6.59. The lowest BCUT2D eigenvalue weighted by molar-refractivity contribution is 0.0374. The average Bonchev–Trinajstić information content (AvgIpc) is 2.71. The van der Waals surface area contributed by atoms with Crippen molar-refractivity contribution in [2.24, 2.45) is 5.73 Å². The maximum absolute atomic E-state index is 6.40. The van der Waals surface area contributed by atoms with E-state index in [1.54, 1.807) is 0 Å². The monoisotopic (exact) mass is 237 g/mol. The molecule has 1 aromatic rings. The Balaban J connectivity index is 2.13. The average molecular weight is 237 g/mol. The van der Waals surface area contributed by atoms with Gasteiger partial charge in [-0.1, -0.05) is 6.92 Å². The van der Waals surface area contributed by atoms with Crippen molar-refractivity contribution in [3.05, 3.63) is 17.5 Å². The zero-order chi connectivity index (χ0) is 12.3. The van der Waals surface area contributed by atoms with Crippen LogP contribution in [0.25, 0.3) is 0 Å². The summed E-state index contributed by atoms with van der Waals surface area (Å²) < 4.78 is 7.58. The van der Waals surface area contributed by atoms with Crippen LogP contribution in [0.3, 0.4) is 0 Å². The Bertz CT molecular complexity index is 367. The molecule has 0 amide bonds. The summed E-state index contributed by atoms with van der Waals surface area (Å²) >= 11 is 0. The van der Waals surface area contributed by atoms with E-state index in [4.69, 9.17) is 10.5 Å². The van der Waals surface area contributed by atoms with Crippen molar-refractivity contribution in [1.29, 1.82) is 0 Å². The second-order valence-corrected chi connectivity index (χ2v) is 4.99. The van der Waals surface area contributed by atoms with Crippen LogP contribution in [0.1, 0.15) is 38.1 Å². The quantitative estimate of drug-likeness (QED) is 0.863. The van der Waals surface area contributed by atoms with E-state index in [1.807, 2.05) is 0 Å². The van der Waals surface area contributed by atoms with Crippen molar-refractivity contribution in [3.63, 3.8) is 0 Å². The fraction of sp³-hybridized carbons (Fsp3) is 0.769. The maximum Gasteiger partial charge on any atom is 0.0650 e. The van der Waals surface area contributed by atoms with Crippen LogP contribution in [0, 0.1) is 0 Å². The number of aryl methyl sites for hydroxylation is 2. The molecule has 1 aliphatic rings. The summed E-state index contributed by atoms with van der Waals surface area (Å²) in [6.45, 7) is 6.69. The van der Waals surface area contributed by atoms with Crippen LogP contribution in [0.2, 0.25) is 0 Å². The predicted octanol–water partition coefficient (Wildman–Crippen LogP) is 1.52. The van der Waals surface area contributed by atoms with Gasteiger partial charge in [0.1, 0.15) is 0 Å². The summed E-state index contributed by atoms with van der Waals surface area (Å²) in [5.74, 6) is 0. The fourth-order valence-corrected chi connectivity index (χ4v) is 2.48. The van der Waals surface area contributed by atoms with Crippen LogP contribution < -0.4 is 5.73 Å². The van der Waals surface area contributed by atoms with E-state index in [1.165, 1.54) is 5.69 Å². The summed E-state index contributed by atoms with van der Waals surface area (Å²) in [5, 5.41) is 4.56. The minimum atomic E-state index is -0.198. The fourth-order valence-electron chi connectivity index (χ4n) is 2.48. The molecule has 1 saturated heterocycles. The van der Waals surface area contributed by atoms with Gasteiger partial charge < -0.3 is 10.5 Å². The van der Waals surface area contributed by atoms with E-state index in [9.17, 15) is 0 Å². The highest BCUT2D eigenvalue weighted by Crippen LogP contribution is 2.22. The van der Waals surface area contributed by atoms with Gasteiger partial charge >= 0.3 is 0 Å². The van der Waals surface area contributed by atoms with Gasteiger partial charge in [-0.25, -0.2) is 0 Å². The highest BCUT2D eigenvalue weighted by Gasteiger charge is 2.29. The van der Waals surface area contributed by atoms with Crippen molar-refractivity contribution in [1.82, 2.24) is 9.78 Å². The van der Waals surface area contributed by atoms with Crippen molar-refractivity contribution in [2.75, 3.05) is 13.2 Å². The third kappa shape index (κ3) is 2.87. The molecule has 0 spiro atoms. The van der Waals surface area contributed by atoms with Crippen LogP contribution in [0.15, 0.2) is 6.07 Å². The molecule has 0 aromatic carbocycles. The molecule has 17 heavy (non-hydrogen) atoms. The smallest absolute Gasteiger partial charge is 0.0650 e. The molecule has 0 bridgehead atoms. The van der Waals surface area contributed by atoms with Gasteiger partial charge in [0.25, 0.3) is 0 Å². The summed E-state index contributed by atoms with van der Waals surface area (Å²) in [6, 6.07) is 2.19. The number of rotatable bonds is 4. The Morgan fingerprint density at radius 3 is 2.94 bits per heavy atom. The van der Waals surface area contributed by atoms with Crippen LogP contribution in [-0.4, -0.2) is 28.5 Å². The Morgan fingerprint density at radius 2 is 2.35 bits per heavy atom. The molecule has 4 heteroatoms. The maximum atomic E-state index is 6.40. The van der Waals surface area contributed by atoms with Gasteiger partial charge in [-0.2, -0.15) is 5.10 Å². The van der Waals surface area contributed by atoms with Crippen LogP contribution in [0.5, 0.6) is 0 Å². The molecular weight excluding hydrogens is 214 g/mol. The lowest BCUT2D eigenvalue weighted by Crippen LogP contribution is -2.49. The van der Waals surface area contributed by atoms with Crippen molar-refractivity contribution < 1.29 is 4.74 Å². The van der Waals surface area contributed by atoms with Gasteiger partial charge in [-0.15, -0.1) is 0 Å². The third-order valence-electron chi connectivity index (χ3n) is 3.46. The Hall–Kier alpha value is -0.870. The topological polar surface area (TPSA) is 53.1 Å². The molecule has 1 fully saturated rings. The van der Waals surface area contributed by atoms with E-state index in [-0.39, 0.29) is 5.54 Å². The first-order chi connectivity index (χ1) is 8.17. The lowest BCUT2D eigenvalue weighted by atomic mass is 9.88. The molecule has 0 aliphatic carbocycles. The first-order valence-corrected chi connectivity index (χ1v) is 6.59.